The fourth-order valence-electron chi connectivity index (χ4n) is 3.16. The Bertz CT molecular complexity index is 910. The van der Waals surface area contributed by atoms with E-state index >= 15 is 0 Å². The van der Waals surface area contributed by atoms with E-state index in [1.165, 1.54) is 4.31 Å². The lowest BCUT2D eigenvalue weighted by molar-refractivity contribution is -0.122. The third kappa shape index (κ3) is 5.04. The van der Waals surface area contributed by atoms with Crippen molar-refractivity contribution in [1.82, 2.24) is 5.32 Å². The molecule has 0 saturated carbocycles. The van der Waals surface area contributed by atoms with E-state index in [2.05, 4.69) is 5.32 Å². The van der Waals surface area contributed by atoms with Crippen molar-refractivity contribution in [3.05, 3.63) is 59.7 Å². The molecule has 7 heteroatoms. The SMILES string of the molecule is CCC(C(=O)NC(C)c1ccccc1OC)N(c1ccc(C)cc1)S(C)(=O)=O. The molecule has 2 rings (SSSR count). The monoisotopic (exact) mass is 404 g/mol. The number of hydrogen-bond donors (Lipinski definition) is 1. The predicted molar refractivity (Wildman–Crippen MR) is 112 cm³/mol. The number of nitrogens with zero attached hydrogens (tertiary/aromatic N) is 1. The Morgan fingerprint density at radius 1 is 1.14 bits per heavy atom. The van der Waals surface area contributed by atoms with Crippen LogP contribution >= 0.6 is 0 Å². The van der Waals surface area contributed by atoms with Gasteiger partial charge >= 0.3 is 0 Å². The number of carbonyl (C=O) groups excluding carboxylic acids is 1. The highest BCUT2D eigenvalue weighted by Crippen LogP contribution is 2.26. The highest BCUT2D eigenvalue weighted by atomic mass is 32.2. The smallest absolute Gasteiger partial charge is 0.244 e. The van der Waals surface area contributed by atoms with E-state index in [-0.39, 0.29) is 11.9 Å². The molecule has 1 amide bonds. The first-order valence-electron chi connectivity index (χ1n) is 9.18. The Balaban J connectivity index is 2.32. The lowest BCUT2D eigenvalue weighted by atomic mass is 10.1. The van der Waals surface area contributed by atoms with E-state index < -0.39 is 16.1 Å². The second-order valence-corrected chi connectivity index (χ2v) is 8.65. The van der Waals surface area contributed by atoms with Crippen LogP contribution < -0.4 is 14.4 Å². The Morgan fingerprint density at radius 2 is 1.75 bits per heavy atom. The van der Waals surface area contributed by atoms with Crippen LogP contribution in [0.1, 0.15) is 37.4 Å². The molecule has 0 aliphatic rings. The molecule has 6 nitrogen and oxygen atoms in total. The number of sulfonamides is 1. The zero-order valence-corrected chi connectivity index (χ0v) is 17.8. The van der Waals surface area contributed by atoms with Gasteiger partial charge in [-0.2, -0.15) is 0 Å². The third-order valence-corrected chi connectivity index (χ3v) is 5.76. The van der Waals surface area contributed by atoms with Gasteiger partial charge in [0.2, 0.25) is 15.9 Å². The number of aryl methyl sites for hydroxylation is 1. The van der Waals surface area contributed by atoms with Crippen LogP contribution in [0, 0.1) is 6.92 Å². The molecule has 0 aliphatic carbocycles. The second kappa shape index (κ2) is 9.10. The standard InChI is InChI=1S/C21H28N2O4S/c1-6-19(23(28(5,25)26)17-13-11-15(2)12-14-17)21(24)22-16(3)18-9-7-8-10-20(18)27-4/h7-14,16,19H,6H2,1-5H3,(H,22,24). The summed E-state index contributed by atoms with van der Waals surface area (Å²) in [6.07, 6.45) is 1.46. The minimum absolute atomic E-state index is 0.336. The lowest BCUT2D eigenvalue weighted by Gasteiger charge is -2.31. The summed E-state index contributed by atoms with van der Waals surface area (Å²) in [5, 5.41) is 2.93. The number of carbonyl (C=O) groups is 1. The number of anilines is 1. The molecule has 0 bridgehead atoms. The first kappa shape index (κ1) is 21.8. The number of ether oxygens (including phenoxy) is 1. The number of rotatable bonds is 8. The molecule has 152 valence electrons. The van der Waals surface area contributed by atoms with Gasteiger partial charge in [0.15, 0.2) is 0 Å². The van der Waals surface area contributed by atoms with Gasteiger partial charge in [0.05, 0.1) is 25.1 Å². The summed E-state index contributed by atoms with van der Waals surface area (Å²) in [4.78, 5) is 13.0. The molecule has 28 heavy (non-hydrogen) atoms. The van der Waals surface area contributed by atoms with Crippen molar-refractivity contribution < 1.29 is 17.9 Å². The first-order valence-corrected chi connectivity index (χ1v) is 11.0. The molecule has 0 radical (unpaired) electrons. The highest BCUT2D eigenvalue weighted by molar-refractivity contribution is 7.92. The average Bonchev–Trinajstić information content (AvgIpc) is 2.65. The summed E-state index contributed by atoms with van der Waals surface area (Å²) < 4.78 is 31.6. The molecule has 2 atom stereocenters. The molecule has 2 unspecified atom stereocenters. The number of hydrogen-bond acceptors (Lipinski definition) is 4. The normalized spacial score (nSPS) is 13.5. The van der Waals surface area contributed by atoms with Gasteiger partial charge in [0.25, 0.3) is 0 Å². The number of nitrogens with one attached hydrogen (secondary N) is 1. The van der Waals surface area contributed by atoms with E-state index in [9.17, 15) is 13.2 Å². The zero-order valence-electron chi connectivity index (χ0n) is 17.0. The van der Waals surface area contributed by atoms with Crippen molar-refractivity contribution >= 4 is 21.6 Å². The minimum atomic E-state index is -3.65. The maximum absolute atomic E-state index is 13.0. The van der Waals surface area contributed by atoms with Crippen molar-refractivity contribution in [2.45, 2.75) is 39.3 Å². The van der Waals surface area contributed by atoms with Crippen molar-refractivity contribution in [3.63, 3.8) is 0 Å². The van der Waals surface area contributed by atoms with E-state index in [1.807, 2.05) is 50.2 Å². The molecule has 0 fully saturated rings. The minimum Gasteiger partial charge on any atom is -0.496 e. The number of para-hydroxylation sites is 1. The average molecular weight is 405 g/mol. The van der Waals surface area contributed by atoms with Gasteiger partial charge in [-0.3, -0.25) is 9.10 Å². The molecular weight excluding hydrogens is 376 g/mol. The molecule has 0 aromatic heterocycles. The van der Waals surface area contributed by atoms with Gasteiger partial charge < -0.3 is 10.1 Å². The van der Waals surface area contributed by atoms with Gasteiger partial charge in [-0.25, -0.2) is 8.42 Å². The van der Waals surface area contributed by atoms with Crippen LogP contribution in [0.4, 0.5) is 5.69 Å². The fourth-order valence-corrected chi connectivity index (χ4v) is 4.38. The third-order valence-electron chi connectivity index (χ3n) is 4.58. The van der Waals surface area contributed by atoms with Crippen LogP contribution in [0.3, 0.4) is 0 Å². The van der Waals surface area contributed by atoms with E-state index in [4.69, 9.17) is 4.74 Å². The van der Waals surface area contributed by atoms with Crippen LogP contribution in [-0.4, -0.2) is 33.7 Å². The Kier molecular flexibility index (Phi) is 7.07. The lowest BCUT2D eigenvalue weighted by Crippen LogP contribution is -2.49. The van der Waals surface area contributed by atoms with E-state index in [1.54, 1.807) is 26.2 Å². The van der Waals surface area contributed by atoms with Crippen molar-refractivity contribution in [2.75, 3.05) is 17.7 Å². The molecule has 0 heterocycles. The fraction of sp³-hybridized carbons (Fsp3) is 0.381. The van der Waals surface area contributed by atoms with Gasteiger partial charge in [0.1, 0.15) is 11.8 Å². The molecule has 0 aliphatic heterocycles. The summed E-state index contributed by atoms with van der Waals surface area (Å²) >= 11 is 0. The summed E-state index contributed by atoms with van der Waals surface area (Å²) in [7, 11) is -2.08. The van der Waals surface area contributed by atoms with Gasteiger partial charge in [-0.15, -0.1) is 0 Å². The number of benzene rings is 2. The Hall–Kier alpha value is -2.54. The molecule has 2 aromatic carbocycles. The quantitative estimate of drug-likeness (QED) is 0.731. The van der Waals surface area contributed by atoms with Crippen LogP contribution in [0.25, 0.3) is 0 Å². The van der Waals surface area contributed by atoms with Crippen LogP contribution in [0.2, 0.25) is 0 Å². The maximum Gasteiger partial charge on any atom is 0.244 e. The number of methoxy groups -OCH3 is 1. The summed E-state index contributed by atoms with van der Waals surface area (Å²) in [5.41, 5.74) is 2.31. The summed E-state index contributed by atoms with van der Waals surface area (Å²) in [5.74, 6) is 0.314. The van der Waals surface area contributed by atoms with Crippen LogP contribution in [-0.2, 0) is 14.8 Å². The van der Waals surface area contributed by atoms with Crippen LogP contribution in [0.15, 0.2) is 48.5 Å². The van der Waals surface area contributed by atoms with Crippen LogP contribution in [0.5, 0.6) is 5.75 Å². The predicted octanol–water partition coefficient (Wildman–Crippen LogP) is 3.43. The summed E-state index contributed by atoms with van der Waals surface area (Å²) in [6, 6.07) is 13.3. The molecule has 1 N–H and O–H groups in total. The molecule has 0 spiro atoms. The van der Waals surface area contributed by atoms with E-state index in [0.717, 1.165) is 17.4 Å². The molecular formula is C21H28N2O4S. The van der Waals surface area contributed by atoms with Crippen molar-refractivity contribution in [2.24, 2.45) is 0 Å². The van der Waals surface area contributed by atoms with Crippen molar-refractivity contribution in [3.8, 4) is 5.75 Å². The Morgan fingerprint density at radius 3 is 2.29 bits per heavy atom. The first-order chi connectivity index (χ1) is 13.2. The molecule has 2 aromatic rings. The van der Waals surface area contributed by atoms with E-state index in [0.29, 0.717) is 17.9 Å². The topological polar surface area (TPSA) is 75.7 Å². The highest BCUT2D eigenvalue weighted by Gasteiger charge is 2.32. The van der Waals surface area contributed by atoms with Gasteiger partial charge in [-0.1, -0.05) is 42.8 Å². The van der Waals surface area contributed by atoms with Gasteiger partial charge in [-0.05, 0) is 38.5 Å². The second-order valence-electron chi connectivity index (χ2n) is 6.79. The Labute approximate surface area is 167 Å². The molecule has 0 saturated heterocycles. The summed E-state index contributed by atoms with van der Waals surface area (Å²) in [6.45, 7) is 5.57. The zero-order chi connectivity index (χ0) is 20.9. The maximum atomic E-state index is 13.0. The largest absolute Gasteiger partial charge is 0.496 e. The van der Waals surface area contributed by atoms with Gasteiger partial charge in [0, 0.05) is 5.56 Å². The number of amides is 1. The van der Waals surface area contributed by atoms with Crippen molar-refractivity contribution in [1.29, 1.82) is 0 Å².